The molecule has 1 N–H and O–H groups in total. The van der Waals surface area contributed by atoms with E-state index in [2.05, 4.69) is 5.32 Å². The van der Waals surface area contributed by atoms with E-state index >= 15 is 0 Å². The number of ether oxygens (including phenoxy) is 2. The van der Waals surface area contributed by atoms with Gasteiger partial charge in [-0.15, -0.1) is 0 Å². The lowest BCUT2D eigenvalue weighted by atomic mass is 9.43. The molecule has 1 aromatic carbocycles. The van der Waals surface area contributed by atoms with Crippen molar-refractivity contribution in [3.8, 4) is 11.5 Å². The summed E-state index contributed by atoms with van der Waals surface area (Å²) in [5.41, 5.74) is 0.732. The Kier molecular flexibility index (Phi) is 4.56. The number of benzene rings is 1. The van der Waals surface area contributed by atoms with Gasteiger partial charge in [-0.3, -0.25) is 0 Å². The maximum atomic E-state index is 6.25. The highest BCUT2D eigenvalue weighted by Crippen LogP contribution is 2.30. The van der Waals surface area contributed by atoms with Gasteiger partial charge in [-0.1, -0.05) is 40.9 Å². The summed E-state index contributed by atoms with van der Waals surface area (Å²) < 4.78 is 10.6. The van der Waals surface area contributed by atoms with Crippen molar-refractivity contribution >= 4 is 71.3 Å². The lowest BCUT2D eigenvalue weighted by Gasteiger charge is -2.42. The van der Waals surface area contributed by atoms with Crippen LogP contribution in [0.2, 0.25) is 0 Å². The van der Waals surface area contributed by atoms with Crippen LogP contribution in [0.4, 0.5) is 0 Å². The SMILES string of the molecule is [B]c1c([B])c(C([B])([B])[C@@H](C)NC([B])([B])C)c([B])c2c1OCO2. The molecular weight excluding hydrogens is 266 g/mol. The number of hydrogen-bond donors (Lipinski definition) is 1. The summed E-state index contributed by atoms with van der Waals surface area (Å²) in [6.45, 7) is 3.27. The third-order valence-electron chi connectivity index (χ3n) is 3.61. The fourth-order valence-electron chi connectivity index (χ4n) is 2.46. The van der Waals surface area contributed by atoms with Crippen molar-refractivity contribution in [3.63, 3.8) is 0 Å². The number of nitrogens with one attached hydrogen (secondary N) is 1. The Hall–Kier alpha value is -0.765. The summed E-state index contributed by atoms with van der Waals surface area (Å²) in [6.07, 6.45) is 0. The Bertz CT molecular complexity index is 600. The van der Waals surface area contributed by atoms with Crippen molar-refractivity contribution in [2.75, 3.05) is 6.79 Å². The molecule has 0 aromatic heterocycles. The van der Waals surface area contributed by atoms with Crippen LogP contribution in [-0.2, 0) is 5.21 Å². The highest BCUT2D eigenvalue weighted by atomic mass is 16.7. The van der Waals surface area contributed by atoms with Crippen molar-refractivity contribution < 1.29 is 9.47 Å². The Balaban J connectivity index is 2.54. The average molecular weight is 276 g/mol. The quantitative estimate of drug-likeness (QED) is 0.574. The highest BCUT2D eigenvalue weighted by Gasteiger charge is 2.34. The smallest absolute Gasteiger partial charge is 0.231 e. The van der Waals surface area contributed by atoms with E-state index in [0.717, 1.165) is 0 Å². The Morgan fingerprint density at radius 1 is 0.955 bits per heavy atom. The molecule has 2 rings (SSSR count). The zero-order chi connectivity index (χ0) is 16.9. The minimum Gasteiger partial charge on any atom is -0.454 e. The third-order valence-corrected chi connectivity index (χ3v) is 3.61. The maximum absolute atomic E-state index is 6.25. The molecule has 0 aliphatic carbocycles. The Labute approximate surface area is 140 Å². The van der Waals surface area contributed by atoms with Gasteiger partial charge in [0.25, 0.3) is 0 Å². The van der Waals surface area contributed by atoms with E-state index in [-0.39, 0.29) is 40.2 Å². The Morgan fingerprint density at radius 3 is 1.95 bits per heavy atom. The molecule has 0 unspecified atom stereocenters. The first-order valence-electron chi connectivity index (χ1n) is 6.66. The fraction of sp³-hybridized carbons (Fsp3) is 0.500. The van der Waals surface area contributed by atoms with Gasteiger partial charge in [0.1, 0.15) is 23.5 Å². The van der Waals surface area contributed by atoms with E-state index < -0.39 is 16.6 Å². The standard InChI is InChI=1S/C12H10B7NO2/c1-4(20-11(2,16)17)12(18,19)5-6(13)8(15)10-9(7(5)14)21-3-22-10/h4,20H,3H2,1-2H3/t4-/m1/s1. The zero-order valence-electron chi connectivity index (χ0n) is 12.6. The van der Waals surface area contributed by atoms with Crippen LogP contribution in [0.1, 0.15) is 19.4 Å². The predicted molar refractivity (Wildman–Crippen MR) is 94.4 cm³/mol. The van der Waals surface area contributed by atoms with Crippen molar-refractivity contribution in [2.45, 2.75) is 30.4 Å². The number of rotatable bonds is 4. The summed E-state index contributed by atoms with van der Waals surface area (Å²) in [5, 5.41) is 0.199. The molecule has 96 valence electrons. The highest BCUT2D eigenvalue weighted by molar-refractivity contribution is 6.56. The summed E-state index contributed by atoms with van der Waals surface area (Å²) in [4.78, 5) is 0. The number of fused-ring (bicyclic) bond motifs is 1. The largest absolute Gasteiger partial charge is 0.454 e. The van der Waals surface area contributed by atoms with Crippen molar-refractivity contribution in [3.05, 3.63) is 5.56 Å². The van der Waals surface area contributed by atoms with Crippen molar-refractivity contribution in [1.29, 1.82) is 0 Å². The fourth-order valence-corrected chi connectivity index (χ4v) is 2.46. The summed E-state index contributed by atoms with van der Waals surface area (Å²) in [7, 11) is 42.1. The van der Waals surface area contributed by atoms with Gasteiger partial charge < -0.3 is 14.8 Å². The zero-order valence-corrected chi connectivity index (χ0v) is 12.6. The Morgan fingerprint density at radius 2 is 1.45 bits per heavy atom. The molecule has 1 aliphatic rings. The third kappa shape index (κ3) is 2.99. The molecule has 1 aliphatic heterocycles. The molecule has 0 bridgehead atoms. The van der Waals surface area contributed by atoms with Gasteiger partial charge in [0.05, 0.1) is 31.4 Å². The van der Waals surface area contributed by atoms with E-state index in [9.17, 15) is 0 Å². The van der Waals surface area contributed by atoms with E-state index in [0.29, 0.717) is 0 Å². The number of hydrogen-bond acceptors (Lipinski definition) is 3. The predicted octanol–water partition coefficient (Wildman–Crippen LogP) is -3.72. The minimum atomic E-state index is -1.50. The molecule has 0 saturated carbocycles. The van der Waals surface area contributed by atoms with Crippen LogP contribution >= 0.6 is 0 Å². The van der Waals surface area contributed by atoms with Crippen LogP contribution in [0, 0.1) is 0 Å². The molecule has 22 heavy (non-hydrogen) atoms. The van der Waals surface area contributed by atoms with Gasteiger partial charge in [0, 0.05) is 0 Å². The molecule has 0 saturated heterocycles. The van der Waals surface area contributed by atoms with Gasteiger partial charge in [0.15, 0.2) is 11.5 Å². The van der Waals surface area contributed by atoms with Crippen molar-refractivity contribution in [2.24, 2.45) is 0 Å². The van der Waals surface area contributed by atoms with Crippen LogP contribution in [0.5, 0.6) is 11.5 Å². The second-order valence-corrected chi connectivity index (χ2v) is 5.76. The van der Waals surface area contributed by atoms with Gasteiger partial charge in [-0.2, -0.15) is 0 Å². The molecule has 1 heterocycles. The normalized spacial score (nSPS) is 15.7. The van der Waals surface area contributed by atoms with E-state index in [4.69, 9.17) is 64.4 Å². The van der Waals surface area contributed by atoms with Crippen molar-refractivity contribution in [1.82, 2.24) is 5.32 Å². The molecule has 1 atom stereocenters. The van der Waals surface area contributed by atoms with Gasteiger partial charge in [-0.25, -0.2) is 0 Å². The first kappa shape index (κ1) is 17.6. The first-order valence-corrected chi connectivity index (χ1v) is 6.66. The molecule has 0 fully saturated rings. The van der Waals surface area contributed by atoms with Gasteiger partial charge in [-0.05, 0) is 11.5 Å². The first-order chi connectivity index (χ1) is 9.97. The molecule has 10 heteroatoms. The van der Waals surface area contributed by atoms with Gasteiger partial charge >= 0.3 is 0 Å². The molecule has 0 spiro atoms. The van der Waals surface area contributed by atoms with Crippen LogP contribution < -0.4 is 31.2 Å². The lowest BCUT2D eigenvalue weighted by Crippen LogP contribution is -2.60. The van der Waals surface area contributed by atoms with E-state index in [1.54, 1.807) is 13.8 Å². The van der Waals surface area contributed by atoms with Crippen LogP contribution in [0.15, 0.2) is 0 Å². The summed E-state index contributed by atoms with van der Waals surface area (Å²) in [6, 6.07) is -0.572. The van der Waals surface area contributed by atoms with E-state index in [1.165, 1.54) is 0 Å². The lowest BCUT2D eigenvalue weighted by molar-refractivity contribution is 0.175. The summed E-state index contributed by atoms with van der Waals surface area (Å²) in [5.74, 6) is 0.565. The maximum Gasteiger partial charge on any atom is 0.231 e. The molecule has 0 amide bonds. The average Bonchev–Trinajstić information content (AvgIpc) is 2.83. The second kappa shape index (κ2) is 5.70. The van der Waals surface area contributed by atoms with Crippen LogP contribution in [0.3, 0.4) is 0 Å². The monoisotopic (exact) mass is 277 g/mol. The van der Waals surface area contributed by atoms with Crippen LogP contribution in [0.25, 0.3) is 0 Å². The molecule has 14 radical (unpaired) electrons. The van der Waals surface area contributed by atoms with Crippen LogP contribution in [-0.4, -0.2) is 73.1 Å². The minimum absolute atomic E-state index is 0.00769. The molecular formula is C12H10B7NO2. The van der Waals surface area contributed by atoms with E-state index in [1.807, 2.05) is 0 Å². The molecule has 1 aromatic rings. The second-order valence-electron chi connectivity index (χ2n) is 5.76. The topological polar surface area (TPSA) is 30.5 Å². The summed E-state index contributed by atoms with van der Waals surface area (Å²) >= 11 is 0. The molecule has 3 nitrogen and oxygen atoms in total. The van der Waals surface area contributed by atoms with Gasteiger partial charge in [0.2, 0.25) is 6.79 Å².